The molecule has 134 valence electrons. The molecule has 2 amide bonds. The Morgan fingerprint density at radius 3 is 2.50 bits per heavy atom. The molecule has 0 spiro atoms. The van der Waals surface area contributed by atoms with Crippen LogP contribution in [0.15, 0.2) is 42.5 Å². The SMILES string of the molecule is Cc1ccc(N2C(=O)CSC2c2ccc(NC(=O)C3CC3)cc2)c(C)c1. The molecule has 26 heavy (non-hydrogen) atoms. The molecular weight excluding hydrogens is 344 g/mol. The lowest BCUT2D eigenvalue weighted by Crippen LogP contribution is -2.28. The number of rotatable bonds is 4. The van der Waals surface area contributed by atoms with Crippen molar-refractivity contribution in [1.82, 2.24) is 0 Å². The van der Waals surface area contributed by atoms with Crippen LogP contribution in [0.2, 0.25) is 0 Å². The monoisotopic (exact) mass is 366 g/mol. The number of carbonyl (C=O) groups is 2. The average molecular weight is 366 g/mol. The second kappa shape index (κ2) is 6.80. The lowest BCUT2D eigenvalue weighted by Gasteiger charge is -2.26. The van der Waals surface area contributed by atoms with Gasteiger partial charge in [-0.1, -0.05) is 29.8 Å². The van der Waals surface area contributed by atoms with Crippen LogP contribution in [-0.2, 0) is 9.59 Å². The number of anilines is 2. The highest BCUT2D eigenvalue weighted by Gasteiger charge is 2.35. The maximum atomic E-state index is 12.5. The first-order valence-electron chi connectivity index (χ1n) is 8.94. The summed E-state index contributed by atoms with van der Waals surface area (Å²) in [6.45, 7) is 4.11. The Morgan fingerprint density at radius 2 is 1.85 bits per heavy atom. The van der Waals surface area contributed by atoms with Crippen molar-refractivity contribution >= 4 is 35.0 Å². The van der Waals surface area contributed by atoms with Crippen LogP contribution < -0.4 is 10.2 Å². The van der Waals surface area contributed by atoms with E-state index in [1.54, 1.807) is 11.8 Å². The molecule has 0 aromatic heterocycles. The zero-order valence-corrected chi connectivity index (χ0v) is 15.8. The van der Waals surface area contributed by atoms with Gasteiger partial charge in [-0.15, -0.1) is 11.8 Å². The van der Waals surface area contributed by atoms with Gasteiger partial charge in [-0.05, 0) is 56.0 Å². The van der Waals surface area contributed by atoms with Crippen molar-refractivity contribution in [3.05, 3.63) is 59.2 Å². The van der Waals surface area contributed by atoms with E-state index in [4.69, 9.17) is 0 Å². The number of nitrogens with zero attached hydrogens (tertiary/aromatic N) is 1. The van der Waals surface area contributed by atoms with Gasteiger partial charge < -0.3 is 5.32 Å². The second-order valence-corrected chi connectivity index (χ2v) is 8.17. The van der Waals surface area contributed by atoms with E-state index in [0.29, 0.717) is 5.75 Å². The topological polar surface area (TPSA) is 49.4 Å². The van der Waals surface area contributed by atoms with Crippen LogP contribution in [0, 0.1) is 19.8 Å². The molecule has 4 rings (SSSR count). The van der Waals surface area contributed by atoms with Gasteiger partial charge in [0.15, 0.2) is 0 Å². The van der Waals surface area contributed by atoms with Crippen LogP contribution in [0.25, 0.3) is 0 Å². The number of aryl methyl sites for hydroxylation is 2. The highest BCUT2D eigenvalue weighted by Crippen LogP contribution is 2.43. The van der Waals surface area contributed by atoms with Gasteiger partial charge in [0, 0.05) is 17.3 Å². The van der Waals surface area contributed by atoms with Crippen molar-refractivity contribution < 1.29 is 9.59 Å². The summed E-state index contributed by atoms with van der Waals surface area (Å²) >= 11 is 1.64. The molecule has 0 radical (unpaired) electrons. The predicted molar refractivity (Wildman–Crippen MR) is 106 cm³/mol. The van der Waals surface area contributed by atoms with E-state index in [0.717, 1.165) is 35.3 Å². The molecule has 1 unspecified atom stereocenters. The molecule has 1 aliphatic heterocycles. The maximum Gasteiger partial charge on any atom is 0.238 e. The normalized spacial score (nSPS) is 19.7. The van der Waals surface area contributed by atoms with Gasteiger partial charge in [-0.3, -0.25) is 14.5 Å². The molecule has 2 aliphatic rings. The van der Waals surface area contributed by atoms with Crippen LogP contribution in [0.4, 0.5) is 11.4 Å². The number of thioether (sulfide) groups is 1. The molecule has 1 saturated heterocycles. The molecule has 4 nitrogen and oxygen atoms in total. The summed E-state index contributed by atoms with van der Waals surface area (Å²) in [5.74, 6) is 0.925. The number of benzene rings is 2. The third-order valence-electron chi connectivity index (χ3n) is 4.89. The van der Waals surface area contributed by atoms with Gasteiger partial charge >= 0.3 is 0 Å². The third kappa shape index (κ3) is 3.36. The van der Waals surface area contributed by atoms with Gasteiger partial charge in [-0.25, -0.2) is 0 Å². The van der Waals surface area contributed by atoms with Gasteiger partial charge in [0.2, 0.25) is 11.8 Å². The first kappa shape index (κ1) is 17.2. The number of hydrogen-bond donors (Lipinski definition) is 1. The van der Waals surface area contributed by atoms with E-state index < -0.39 is 0 Å². The van der Waals surface area contributed by atoms with Crippen LogP contribution in [0.3, 0.4) is 0 Å². The third-order valence-corrected chi connectivity index (χ3v) is 6.10. The van der Waals surface area contributed by atoms with Gasteiger partial charge in [0.05, 0.1) is 5.75 Å². The fourth-order valence-corrected chi connectivity index (χ4v) is 4.50. The standard InChI is InChI=1S/C21H22N2O2S/c1-13-3-10-18(14(2)11-13)23-19(24)12-26-21(23)16-6-8-17(9-7-16)22-20(25)15-4-5-15/h3,6-11,15,21H,4-5,12H2,1-2H3,(H,22,25). The number of hydrogen-bond acceptors (Lipinski definition) is 3. The summed E-state index contributed by atoms with van der Waals surface area (Å²) in [6, 6.07) is 14.1. The van der Waals surface area contributed by atoms with E-state index >= 15 is 0 Å². The quantitative estimate of drug-likeness (QED) is 0.871. The lowest BCUT2D eigenvalue weighted by molar-refractivity contribution is -0.117. The first-order valence-corrected chi connectivity index (χ1v) is 9.99. The Morgan fingerprint density at radius 1 is 1.12 bits per heavy atom. The molecular formula is C21H22N2O2S. The van der Waals surface area contributed by atoms with Crippen LogP contribution in [-0.4, -0.2) is 17.6 Å². The predicted octanol–water partition coefficient (Wildman–Crippen LogP) is 4.43. The van der Waals surface area contributed by atoms with Crippen LogP contribution in [0.1, 0.15) is 34.9 Å². The Labute approximate surface area is 158 Å². The van der Waals surface area contributed by atoms with Crippen molar-refractivity contribution in [1.29, 1.82) is 0 Å². The van der Waals surface area contributed by atoms with Crippen LogP contribution >= 0.6 is 11.8 Å². The number of nitrogens with one attached hydrogen (secondary N) is 1. The minimum Gasteiger partial charge on any atom is -0.326 e. The van der Waals surface area contributed by atoms with Crippen molar-refractivity contribution in [2.75, 3.05) is 16.0 Å². The van der Waals surface area contributed by atoms with Gasteiger partial charge in [-0.2, -0.15) is 0 Å². The summed E-state index contributed by atoms with van der Waals surface area (Å²) in [7, 11) is 0. The molecule has 1 saturated carbocycles. The molecule has 2 aromatic rings. The highest BCUT2D eigenvalue weighted by atomic mass is 32.2. The smallest absolute Gasteiger partial charge is 0.238 e. The minimum atomic E-state index is -0.0305. The number of carbonyl (C=O) groups excluding carboxylic acids is 2. The van der Waals surface area contributed by atoms with E-state index in [1.165, 1.54) is 5.56 Å². The molecule has 1 atom stereocenters. The summed E-state index contributed by atoms with van der Waals surface area (Å²) < 4.78 is 0. The summed E-state index contributed by atoms with van der Waals surface area (Å²) in [4.78, 5) is 26.3. The molecule has 5 heteroatoms. The summed E-state index contributed by atoms with van der Waals surface area (Å²) in [5.41, 5.74) is 5.17. The summed E-state index contributed by atoms with van der Waals surface area (Å²) in [6.07, 6.45) is 1.99. The Kier molecular flexibility index (Phi) is 4.49. The highest BCUT2D eigenvalue weighted by molar-refractivity contribution is 8.00. The molecule has 2 aromatic carbocycles. The Bertz CT molecular complexity index is 859. The van der Waals surface area contributed by atoms with Gasteiger partial charge in [0.25, 0.3) is 0 Å². The molecule has 1 N–H and O–H groups in total. The summed E-state index contributed by atoms with van der Waals surface area (Å²) in [5, 5.41) is 2.93. The minimum absolute atomic E-state index is 0.0305. The maximum absolute atomic E-state index is 12.5. The number of amides is 2. The van der Waals surface area contributed by atoms with Crippen molar-refractivity contribution in [3.8, 4) is 0 Å². The average Bonchev–Trinajstić information content (AvgIpc) is 3.40. The van der Waals surface area contributed by atoms with E-state index in [2.05, 4.69) is 18.3 Å². The molecule has 0 bridgehead atoms. The fourth-order valence-electron chi connectivity index (χ4n) is 3.33. The first-order chi connectivity index (χ1) is 12.5. The Balaban J connectivity index is 1.57. The fraction of sp³-hybridized carbons (Fsp3) is 0.333. The Hall–Kier alpha value is -2.27. The van der Waals surface area contributed by atoms with Crippen molar-refractivity contribution in [2.24, 2.45) is 5.92 Å². The molecule has 1 heterocycles. The van der Waals surface area contributed by atoms with Crippen molar-refractivity contribution in [2.45, 2.75) is 32.1 Å². The molecule has 2 fully saturated rings. The van der Waals surface area contributed by atoms with E-state index in [1.807, 2.05) is 48.2 Å². The van der Waals surface area contributed by atoms with Crippen molar-refractivity contribution in [3.63, 3.8) is 0 Å². The zero-order chi connectivity index (χ0) is 18.3. The lowest BCUT2D eigenvalue weighted by atomic mass is 10.1. The molecule has 1 aliphatic carbocycles. The van der Waals surface area contributed by atoms with E-state index in [-0.39, 0.29) is 23.1 Å². The van der Waals surface area contributed by atoms with E-state index in [9.17, 15) is 9.59 Å². The largest absolute Gasteiger partial charge is 0.326 e. The van der Waals surface area contributed by atoms with Crippen LogP contribution in [0.5, 0.6) is 0 Å². The second-order valence-electron chi connectivity index (χ2n) is 7.10. The van der Waals surface area contributed by atoms with Gasteiger partial charge in [0.1, 0.15) is 5.37 Å². The zero-order valence-electron chi connectivity index (χ0n) is 15.0.